The van der Waals surface area contributed by atoms with Crippen LogP contribution in [0, 0.1) is 0 Å². The molecule has 0 unspecified atom stereocenters. The highest BCUT2D eigenvalue weighted by molar-refractivity contribution is 6.07. The van der Waals surface area contributed by atoms with Crippen molar-refractivity contribution < 1.29 is 14.3 Å². The van der Waals surface area contributed by atoms with Crippen molar-refractivity contribution in [1.29, 1.82) is 0 Å². The highest BCUT2D eigenvalue weighted by Crippen LogP contribution is 2.33. The van der Waals surface area contributed by atoms with Crippen LogP contribution in [-0.4, -0.2) is 31.7 Å². The minimum absolute atomic E-state index is 0.0572. The fraction of sp³-hybridized carbons (Fsp3) is 0.429. The number of nitrogens with one attached hydrogen (secondary N) is 1. The van der Waals surface area contributed by atoms with Gasteiger partial charge in [-0.05, 0) is 36.8 Å². The number of benzene rings is 2. The number of fused-ring (bicyclic) bond motifs is 1. The summed E-state index contributed by atoms with van der Waals surface area (Å²) in [5.74, 6) is 1.23. The fourth-order valence-electron chi connectivity index (χ4n) is 4.06. The Labute approximate surface area is 197 Å². The molecule has 0 saturated heterocycles. The first kappa shape index (κ1) is 24.6. The molecule has 3 rings (SSSR count). The summed E-state index contributed by atoms with van der Waals surface area (Å²) in [6.45, 7) is 2.93. The van der Waals surface area contributed by atoms with E-state index in [1.54, 1.807) is 14.2 Å². The van der Waals surface area contributed by atoms with Crippen molar-refractivity contribution in [3.05, 3.63) is 54.1 Å². The van der Waals surface area contributed by atoms with Gasteiger partial charge in [-0.2, -0.15) is 0 Å². The molecule has 0 aliphatic rings. The Bertz CT molecular complexity index is 1050. The topological polar surface area (TPSA) is 60.5 Å². The molecule has 5 heteroatoms. The number of hydrogen-bond acceptors (Lipinski definition) is 4. The van der Waals surface area contributed by atoms with Gasteiger partial charge in [0.1, 0.15) is 0 Å². The number of aromatic nitrogens is 1. The van der Waals surface area contributed by atoms with E-state index in [1.807, 2.05) is 48.5 Å². The normalized spacial score (nSPS) is 10.9. The second-order valence-corrected chi connectivity index (χ2v) is 8.37. The lowest BCUT2D eigenvalue weighted by Crippen LogP contribution is -2.24. The second-order valence-electron chi connectivity index (χ2n) is 8.37. The standard InChI is InChI=1S/C28H36N2O3/c1-4-5-6-7-8-9-10-13-18-29-28(31)23-20-25(30-24-15-12-11-14-22(23)24)21-16-17-26(32-2)27(19-21)33-3/h11-12,14-17,19-20H,4-10,13,18H2,1-3H3,(H,29,31). The number of rotatable bonds is 13. The third-order valence-electron chi connectivity index (χ3n) is 5.96. The van der Waals surface area contributed by atoms with Crippen LogP contribution in [0.2, 0.25) is 0 Å². The zero-order valence-electron chi connectivity index (χ0n) is 20.2. The molecule has 0 saturated carbocycles. The third kappa shape index (κ3) is 6.70. The van der Waals surface area contributed by atoms with E-state index in [1.165, 1.54) is 38.5 Å². The maximum absolute atomic E-state index is 13.1. The maximum atomic E-state index is 13.1. The molecule has 0 atom stereocenters. The molecule has 0 fully saturated rings. The Morgan fingerprint density at radius 3 is 2.27 bits per heavy atom. The summed E-state index contributed by atoms with van der Waals surface area (Å²) >= 11 is 0. The predicted octanol–water partition coefficient (Wildman–Crippen LogP) is 6.79. The first-order valence-corrected chi connectivity index (χ1v) is 12.1. The Balaban J connectivity index is 1.70. The average molecular weight is 449 g/mol. The van der Waals surface area contributed by atoms with Crippen molar-refractivity contribution in [1.82, 2.24) is 10.3 Å². The average Bonchev–Trinajstić information content (AvgIpc) is 2.86. The summed E-state index contributed by atoms with van der Waals surface area (Å²) in [5.41, 5.74) is 3.04. The Kier molecular flexibility index (Phi) is 9.55. The van der Waals surface area contributed by atoms with Crippen molar-refractivity contribution in [3.8, 4) is 22.8 Å². The number of carbonyl (C=O) groups is 1. The predicted molar refractivity (Wildman–Crippen MR) is 135 cm³/mol. The zero-order chi connectivity index (χ0) is 23.5. The van der Waals surface area contributed by atoms with E-state index in [0.29, 0.717) is 23.6 Å². The lowest BCUT2D eigenvalue weighted by molar-refractivity contribution is 0.0954. The maximum Gasteiger partial charge on any atom is 0.252 e. The van der Waals surface area contributed by atoms with Crippen molar-refractivity contribution in [3.63, 3.8) is 0 Å². The largest absolute Gasteiger partial charge is 0.493 e. The summed E-state index contributed by atoms with van der Waals surface area (Å²) in [4.78, 5) is 17.9. The molecule has 0 radical (unpaired) electrons. The highest BCUT2D eigenvalue weighted by Gasteiger charge is 2.15. The van der Waals surface area contributed by atoms with Crippen molar-refractivity contribution in [2.45, 2.75) is 58.3 Å². The van der Waals surface area contributed by atoms with Crippen LogP contribution in [0.15, 0.2) is 48.5 Å². The quantitative estimate of drug-likeness (QED) is 0.292. The summed E-state index contributed by atoms with van der Waals surface area (Å²) in [6.07, 6.45) is 9.96. The van der Waals surface area contributed by atoms with Gasteiger partial charge in [0.05, 0.1) is 31.0 Å². The monoisotopic (exact) mass is 448 g/mol. The molecule has 1 heterocycles. The van der Waals surface area contributed by atoms with Gasteiger partial charge in [-0.1, -0.05) is 70.1 Å². The minimum atomic E-state index is -0.0572. The Morgan fingerprint density at radius 2 is 1.55 bits per heavy atom. The molecule has 0 bridgehead atoms. The van der Waals surface area contributed by atoms with Crippen LogP contribution in [-0.2, 0) is 0 Å². The Hall–Kier alpha value is -3.08. The van der Waals surface area contributed by atoms with Crippen molar-refractivity contribution >= 4 is 16.8 Å². The van der Waals surface area contributed by atoms with Gasteiger partial charge >= 0.3 is 0 Å². The molecular formula is C28H36N2O3. The summed E-state index contributed by atoms with van der Waals surface area (Å²) < 4.78 is 10.8. The number of para-hydroxylation sites is 1. The van der Waals surface area contributed by atoms with Crippen LogP contribution in [0.1, 0.15) is 68.6 Å². The van der Waals surface area contributed by atoms with E-state index in [9.17, 15) is 4.79 Å². The molecule has 0 aliphatic carbocycles. The zero-order valence-corrected chi connectivity index (χ0v) is 20.2. The lowest BCUT2D eigenvalue weighted by Gasteiger charge is -2.12. The van der Waals surface area contributed by atoms with Crippen LogP contribution in [0.4, 0.5) is 0 Å². The first-order chi connectivity index (χ1) is 16.2. The van der Waals surface area contributed by atoms with E-state index in [2.05, 4.69) is 12.2 Å². The molecule has 1 N–H and O–H groups in total. The van der Waals surface area contributed by atoms with Crippen LogP contribution in [0.5, 0.6) is 11.5 Å². The van der Waals surface area contributed by atoms with E-state index in [-0.39, 0.29) is 5.91 Å². The van der Waals surface area contributed by atoms with Gasteiger partial charge in [-0.3, -0.25) is 4.79 Å². The van der Waals surface area contributed by atoms with E-state index >= 15 is 0 Å². The van der Waals surface area contributed by atoms with Gasteiger partial charge in [0.2, 0.25) is 0 Å². The van der Waals surface area contributed by atoms with Crippen LogP contribution >= 0.6 is 0 Å². The molecule has 5 nitrogen and oxygen atoms in total. The summed E-state index contributed by atoms with van der Waals surface area (Å²) in [7, 11) is 3.22. The highest BCUT2D eigenvalue weighted by atomic mass is 16.5. The number of carbonyl (C=O) groups excluding carboxylic acids is 1. The molecular weight excluding hydrogens is 412 g/mol. The summed E-state index contributed by atoms with van der Waals surface area (Å²) in [5, 5.41) is 3.97. The molecule has 1 amide bonds. The first-order valence-electron chi connectivity index (χ1n) is 12.1. The van der Waals surface area contributed by atoms with E-state index in [4.69, 9.17) is 14.5 Å². The van der Waals surface area contributed by atoms with Crippen LogP contribution in [0.3, 0.4) is 0 Å². The second kappa shape index (κ2) is 12.8. The van der Waals surface area contributed by atoms with Gasteiger partial charge in [-0.15, -0.1) is 0 Å². The molecule has 0 spiro atoms. The van der Waals surface area contributed by atoms with E-state index in [0.717, 1.165) is 35.0 Å². The molecule has 3 aromatic rings. The molecule has 1 aromatic heterocycles. The van der Waals surface area contributed by atoms with Crippen LogP contribution < -0.4 is 14.8 Å². The molecule has 2 aromatic carbocycles. The summed E-state index contributed by atoms with van der Waals surface area (Å²) in [6, 6.07) is 15.3. The molecule has 33 heavy (non-hydrogen) atoms. The Morgan fingerprint density at radius 1 is 0.848 bits per heavy atom. The van der Waals surface area contributed by atoms with Gasteiger partial charge in [0, 0.05) is 17.5 Å². The van der Waals surface area contributed by atoms with Crippen molar-refractivity contribution in [2.24, 2.45) is 0 Å². The number of ether oxygens (including phenoxy) is 2. The SMILES string of the molecule is CCCCCCCCCCNC(=O)c1cc(-c2ccc(OC)c(OC)c2)nc2ccccc12. The number of methoxy groups -OCH3 is 2. The van der Waals surface area contributed by atoms with Gasteiger partial charge in [-0.25, -0.2) is 4.98 Å². The molecule has 176 valence electrons. The number of unbranched alkanes of at least 4 members (excludes halogenated alkanes) is 7. The number of pyridine rings is 1. The van der Waals surface area contributed by atoms with E-state index < -0.39 is 0 Å². The third-order valence-corrected chi connectivity index (χ3v) is 5.96. The van der Waals surface area contributed by atoms with Gasteiger partial charge in [0.25, 0.3) is 5.91 Å². The fourth-order valence-corrected chi connectivity index (χ4v) is 4.06. The smallest absolute Gasteiger partial charge is 0.252 e. The molecule has 0 aliphatic heterocycles. The lowest BCUT2D eigenvalue weighted by atomic mass is 10.0. The van der Waals surface area contributed by atoms with Gasteiger partial charge < -0.3 is 14.8 Å². The number of hydrogen-bond donors (Lipinski definition) is 1. The minimum Gasteiger partial charge on any atom is -0.493 e. The van der Waals surface area contributed by atoms with Crippen LogP contribution in [0.25, 0.3) is 22.2 Å². The van der Waals surface area contributed by atoms with Gasteiger partial charge in [0.15, 0.2) is 11.5 Å². The number of nitrogens with zero attached hydrogens (tertiary/aromatic N) is 1. The van der Waals surface area contributed by atoms with Crippen molar-refractivity contribution in [2.75, 3.05) is 20.8 Å². The number of amides is 1.